The summed E-state index contributed by atoms with van der Waals surface area (Å²) in [6.45, 7) is 1.73. The molecule has 0 radical (unpaired) electrons. The normalized spacial score (nSPS) is 10.7. The van der Waals surface area contributed by atoms with E-state index in [2.05, 4.69) is 20.9 Å². The van der Waals surface area contributed by atoms with Gasteiger partial charge in [0.05, 0.1) is 10.3 Å². The van der Waals surface area contributed by atoms with Crippen LogP contribution in [-0.2, 0) is 0 Å². The molecule has 1 N–H and O–H groups in total. The lowest BCUT2D eigenvalue weighted by Gasteiger charge is -1.98. The molecule has 5 heteroatoms. The Morgan fingerprint density at radius 1 is 1.57 bits per heavy atom. The molecule has 0 aliphatic rings. The summed E-state index contributed by atoms with van der Waals surface area (Å²) in [6, 6.07) is 5.43. The fourth-order valence-electron chi connectivity index (χ4n) is 1.40. The quantitative estimate of drug-likeness (QED) is 0.794. The summed E-state index contributed by atoms with van der Waals surface area (Å²) in [5.74, 6) is -1.00. The summed E-state index contributed by atoms with van der Waals surface area (Å²) in [4.78, 5) is 14.8. The lowest BCUT2D eigenvalue weighted by molar-refractivity contribution is 0.0690. The number of imidazole rings is 1. The third-order valence-corrected chi connectivity index (χ3v) is 2.65. The van der Waals surface area contributed by atoms with Crippen molar-refractivity contribution < 1.29 is 9.90 Å². The first-order chi connectivity index (χ1) is 6.61. The molecular weight excluding hydrogens is 248 g/mol. The summed E-state index contributed by atoms with van der Waals surface area (Å²) in [6.07, 6.45) is 0. The zero-order valence-electron chi connectivity index (χ0n) is 7.36. The molecule has 0 atom stereocenters. The largest absolute Gasteiger partial charge is 0.476 e. The molecule has 2 heterocycles. The number of nitrogens with zero attached hydrogens (tertiary/aromatic N) is 2. The van der Waals surface area contributed by atoms with Crippen LogP contribution in [0, 0.1) is 6.92 Å². The van der Waals surface area contributed by atoms with E-state index in [-0.39, 0.29) is 5.69 Å². The van der Waals surface area contributed by atoms with Gasteiger partial charge in [-0.25, -0.2) is 9.78 Å². The van der Waals surface area contributed by atoms with Crippen molar-refractivity contribution in [3.63, 3.8) is 0 Å². The molecule has 0 saturated carbocycles. The van der Waals surface area contributed by atoms with Gasteiger partial charge in [-0.2, -0.15) is 0 Å². The van der Waals surface area contributed by atoms with Crippen LogP contribution in [0.25, 0.3) is 5.65 Å². The van der Waals surface area contributed by atoms with E-state index in [9.17, 15) is 4.79 Å². The molecule has 0 aliphatic carbocycles. The summed E-state index contributed by atoms with van der Waals surface area (Å²) in [5, 5.41) is 8.87. The van der Waals surface area contributed by atoms with Crippen molar-refractivity contribution in [3.05, 3.63) is 34.2 Å². The smallest absolute Gasteiger partial charge is 0.356 e. The SMILES string of the molecule is Cc1c(C(=O)O)nc2cccc(Br)n12. The number of fused-ring (bicyclic) bond motifs is 1. The molecular formula is C9H7BrN2O2. The highest BCUT2D eigenvalue weighted by atomic mass is 79.9. The molecule has 0 fully saturated rings. The Balaban J connectivity index is 2.87. The molecule has 2 aromatic heterocycles. The molecule has 72 valence electrons. The Morgan fingerprint density at radius 3 is 2.86 bits per heavy atom. The number of hydrogen-bond acceptors (Lipinski definition) is 2. The van der Waals surface area contributed by atoms with E-state index in [1.807, 2.05) is 12.1 Å². The lowest BCUT2D eigenvalue weighted by Crippen LogP contribution is -1.99. The Morgan fingerprint density at radius 2 is 2.29 bits per heavy atom. The molecule has 2 rings (SSSR count). The minimum absolute atomic E-state index is 0.0944. The molecule has 4 nitrogen and oxygen atoms in total. The van der Waals surface area contributed by atoms with Crippen molar-refractivity contribution in [3.8, 4) is 0 Å². The number of halogens is 1. The van der Waals surface area contributed by atoms with Gasteiger partial charge in [-0.1, -0.05) is 6.07 Å². The van der Waals surface area contributed by atoms with Crippen LogP contribution < -0.4 is 0 Å². The molecule has 0 amide bonds. The summed E-state index contributed by atoms with van der Waals surface area (Å²) < 4.78 is 2.55. The van der Waals surface area contributed by atoms with E-state index >= 15 is 0 Å². The van der Waals surface area contributed by atoms with Crippen molar-refractivity contribution >= 4 is 27.5 Å². The zero-order valence-corrected chi connectivity index (χ0v) is 8.95. The number of carboxylic acid groups (broad SMARTS) is 1. The number of carboxylic acids is 1. The minimum atomic E-state index is -1.00. The van der Waals surface area contributed by atoms with E-state index in [4.69, 9.17) is 5.11 Å². The van der Waals surface area contributed by atoms with E-state index < -0.39 is 5.97 Å². The van der Waals surface area contributed by atoms with Crippen molar-refractivity contribution in [2.24, 2.45) is 0 Å². The third kappa shape index (κ3) is 1.21. The van der Waals surface area contributed by atoms with E-state index in [0.29, 0.717) is 11.3 Å². The molecule has 0 bridgehead atoms. The fourth-order valence-corrected chi connectivity index (χ4v) is 2.00. The molecule has 0 aliphatic heterocycles. The van der Waals surface area contributed by atoms with Crippen LogP contribution in [0.2, 0.25) is 0 Å². The van der Waals surface area contributed by atoms with Crippen LogP contribution in [0.4, 0.5) is 0 Å². The van der Waals surface area contributed by atoms with Crippen molar-refractivity contribution in [1.82, 2.24) is 9.38 Å². The number of hydrogen-bond donors (Lipinski definition) is 1. The highest BCUT2D eigenvalue weighted by Gasteiger charge is 2.15. The van der Waals surface area contributed by atoms with Gasteiger partial charge in [-0.05, 0) is 35.0 Å². The predicted octanol–water partition coefficient (Wildman–Crippen LogP) is 2.10. The van der Waals surface area contributed by atoms with Crippen LogP contribution in [0.5, 0.6) is 0 Å². The average Bonchev–Trinajstić information content (AvgIpc) is 2.45. The van der Waals surface area contributed by atoms with Gasteiger partial charge in [0, 0.05) is 0 Å². The fraction of sp³-hybridized carbons (Fsp3) is 0.111. The third-order valence-electron chi connectivity index (χ3n) is 2.03. The summed E-state index contributed by atoms with van der Waals surface area (Å²) >= 11 is 3.34. The monoisotopic (exact) mass is 254 g/mol. The number of aryl methyl sites for hydroxylation is 1. The van der Waals surface area contributed by atoms with Crippen LogP contribution >= 0.6 is 15.9 Å². The van der Waals surface area contributed by atoms with Gasteiger partial charge in [0.15, 0.2) is 5.69 Å². The topological polar surface area (TPSA) is 54.6 Å². The lowest BCUT2D eigenvalue weighted by atomic mass is 10.3. The minimum Gasteiger partial charge on any atom is -0.476 e. The first-order valence-electron chi connectivity index (χ1n) is 3.98. The van der Waals surface area contributed by atoms with E-state index in [1.165, 1.54) is 0 Å². The van der Waals surface area contributed by atoms with Gasteiger partial charge >= 0.3 is 5.97 Å². The predicted molar refractivity (Wildman–Crippen MR) is 54.6 cm³/mol. The molecule has 14 heavy (non-hydrogen) atoms. The second kappa shape index (κ2) is 3.09. The van der Waals surface area contributed by atoms with Gasteiger partial charge in [-0.3, -0.25) is 4.40 Å². The molecule has 0 unspecified atom stereocenters. The van der Waals surface area contributed by atoms with Crippen molar-refractivity contribution in [1.29, 1.82) is 0 Å². The first kappa shape index (κ1) is 9.21. The maximum Gasteiger partial charge on any atom is 0.356 e. The standard InChI is InChI=1S/C9H7BrN2O2/c1-5-8(9(13)14)11-7-4-2-3-6(10)12(5)7/h2-4H,1H3,(H,13,14). The second-order valence-electron chi connectivity index (χ2n) is 2.89. The number of aromatic nitrogens is 2. The van der Waals surface area contributed by atoms with Crippen LogP contribution in [0.3, 0.4) is 0 Å². The highest BCUT2D eigenvalue weighted by molar-refractivity contribution is 9.10. The Kier molecular flexibility index (Phi) is 2.03. The highest BCUT2D eigenvalue weighted by Crippen LogP contribution is 2.18. The second-order valence-corrected chi connectivity index (χ2v) is 3.71. The van der Waals surface area contributed by atoms with Gasteiger partial charge < -0.3 is 5.11 Å². The maximum atomic E-state index is 10.8. The first-order valence-corrected chi connectivity index (χ1v) is 4.77. The Labute approximate surface area is 88.3 Å². The van der Waals surface area contributed by atoms with Gasteiger partial charge in [0.1, 0.15) is 5.65 Å². The number of pyridine rings is 1. The Hall–Kier alpha value is -1.36. The van der Waals surface area contributed by atoms with Crippen LogP contribution in [-0.4, -0.2) is 20.5 Å². The molecule has 2 aromatic rings. The van der Waals surface area contributed by atoms with Crippen LogP contribution in [0.1, 0.15) is 16.2 Å². The number of aromatic carboxylic acids is 1. The van der Waals surface area contributed by atoms with Crippen LogP contribution in [0.15, 0.2) is 22.8 Å². The summed E-state index contributed by atoms with van der Waals surface area (Å²) in [5.41, 5.74) is 1.35. The zero-order chi connectivity index (χ0) is 10.3. The Bertz CT molecular complexity index is 519. The van der Waals surface area contributed by atoms with Gasteiger partial charge in [0.25, 0.3) is 0 Å². The average molecular weight is 255 g/mol. The van der Waals surface area contributed by atoms with Gasteiger partial charge in [0.2, 0.25) is 0 Å². The van der Waals surface area contributed by atoms with Crippen molar-refractivity contribution in [2.75, 3.05) is 0 Å². The van der Waals surface area contributed by atoms with E-state index in [0.717, 1.165) is 4.60 Å². The van der Waals surface area contributed by atoms with Crippen molar-refractivity contribution in [2.45, 2.75) is 6.92 Å². The molecule has 0 saturated heterocycles. The molecule has 0 spiro atoms. The maximum absolute atomic E-state index is 10.8. The molecule has 0 aromatic carbocycles. The number of rotatable bonds is 1. The number of carbonyl (C=O) groups is 1. The summed E-state index contributed by atoms with van der Waals surface area (Å²) in [7, 11) is 0. The van der Waals surface area contributed by atoms with E-state index in [1.54, 1.807) is 17.4 Å². The van der Waals surface area contributed by atoms with Gasteiger partial charge in [-0.15, -0.1) is 0 Å².